The fourth-order valence-corrected chi connectivity index (χ4v) is 2.89. The molecule has 0 fully saturated rings. The molecule has 2 nitrogen and oxygen atoms in total. The second-order valence-corrected chi connectivity index (χ2v) is 5.69. The number of nitrogens with zero attached hydrogens (tertiary/aromatic N) is 1. The number of alkyl halides is 1. The minimum absolute atomic E-state index is 0.353. The highest BCUT2D eigenvalue weighted by atomic mass is 127. The van der Waals surface area contributed by atoms with Gasteiger partial charge in [-0.3, -0.25) is 0 Å². The molecule has 0 unspecified atom stereocenters. The number of ether oxygens (including phenoxy) is 1. The van der Waals surface area contributed by atoms with Crippen LogP contribution in [0.25, 0.3) is 0 Å². The van der Waals surface area contributed by atoms with Crippen molar-refractivity contribution in [2.24, 2.45) is 0 Å². The van der Waals surface area contributed by atoms with Crippen LogP contribution < -0.4 is 4.74 Å². The lowest BCUT2D eigenvalue weighted by atomic mass is 10.3. The van der Waals surface area contributed by atoms with E-state index in [1.807, 2.05) is 24.3 Å². The van der Waals surface area contributed by atoms with Crippen LogP contribution in [-0.4, -0.2) is 4.98 Å². The lowest BCUT2D eigenvalue weighted by Crippen LogP contribution is -1.85. The van der Waals surface area contributed by atoms with Gasteiger partial charge in [-0.15, -0.1) is 11.6 Å². The molecular formula is C10H6Cl2INOS. The first-order valence-electron chi connectivity index (χ1n) is 4.34. The second kappa shape index (κ2) is 5.53. The first kappa shape index (κ1) is 12.4. The number of halogens is 3. The third kappa shape index (κ3) is 2.80. The highest BCUT2D eigenvalue weighted by molar-refractivity contribution is 14.1. The second-order valence-electron chi connectivity index (χ2n) is 2.86. The maximum absolute atomic E-state index is 5.88. The highest BCUT2D eigenvalue weighted by Crippen LogP contribution is 2.34. The van der Waals surface area contributed by atoms with E-state index in [1.165, 1.54) is 11.3 Å². The molecule has 0 bridgehead atoms. The summed E-state index contributed by atoms with van der Waals surface area (Å²) in [6.07, 6.45) is 0. The van der Waals surface area contributed by atoms with Gasteiger partial charge in [-0.05, 0) is 34.7 Å². The third-order valence-corrected chi connectivity index (χ3v) is 4.46. The Bertz CT molecular complexity index is 503. The van der Waals surface area contributed by atoms with Crippen LogP contribution in [0.1, 0.15) is 4.88 Å². The first-order chi connectivity index (χ1) is 7.70. The maximum atomic E-state index is 5.88. The van der Waals surface area contributed by atoms with E-state index in [9.17, 15) is 0 Å². The third-order valence-electron chi connectivity index (χ3n) is 1.79. The van der Waals surface area contributed by atoms with E-state index in [4.69, 9.17) is 27.9 Å². The molecule has 16 heavy (non-hydrogen) atoms. The molecule has 0 aliphatic heterocycles. The van der Waals surface area contributed by atoms with Crippen molar-refractivity contribution in [2.45, 2.75) is 5.88 Å². The molecule has 0 aliphatic rings. The van der Waals surface area contributed by atoms with Crippen LogP contribution in [0.2, 0.25) is 5.15 Å². The first-order valence-corrected chi connectivity index (χ1v) is 7.15. The van der Waals surface area contributed by atoms with Gasteiger partial charge >= 0.3 is 0 Å². The van der Waals surface area contributed by atoms with Gasteiger partial charge in [0, 0.05) is 0 Å². The highest BCUT2D eigenvalue weighted by Gasteiger charge is 2.11. The summed E-state index contributed by atoms with van der Waals surface area (Å²) in [5.41, 5.74) is 0. The fourth-order valence-electron chi connectivity index (χ4n) is 1.06. The molecule has 6 heteroatoms. The Hall–Kier alpha value is -0.0400. The van der Waals surface area contributed by atoms with Crippen molar-refractivity contribution in [1.82, 2.24) is 4.98 Å². The van der Waals surface area contributed by atoms with Gasteiger partial charge in [0.05, 0.1) is 14.3 Å². The van der Waals surface area contributed by atoms with Crippen LogP contribution in [0.15, 0.2) is 24.3 Å². The number of benzene rings is 1. The molecule has 0 N–H and O–H groups in total. The van der Waals surface area contributed by atoms with Gasteiger partial charge < -0.3 is 4.74 Å². The molecule has 2 aromatic rings. The molecule has 1 heterocycles. The van der Waals surface area contributed by atoms with E-state index in [0.717, 1.165) is 14.2 Å². The van der Waals surface area contributed by atoms with Crippen molar-refractivity contribution in [3.63, 3.8) is 0 Å². The number of hydrogen-bond donors (Lipinski definition) is 0. The van der Waals surface area contributed by atoms with E-state index in [2.05, 4.69) is 27.6 Å². The molecule has 0 saturated heterocycles. The molecule has 2 rings (SSSR count). The average molecular weight is 386 g/mol. The largest absolute Gasteiger partial charge is 0.430 e. The van der Waals surface area contributed by atoms with Gasteiger partial charge in [0.15, 0.2) is 0 Å². The molecule has 84 valence electrons. The van der Waals surface area contributed by atoms with E-state index < -0.39 is 0 Å². The number of aromatic nitrogens is 1. The molecule has 1 aromatic carbocycles. The topological polar surface area (TPSA) is 22.1 Å². The van der Waals surface area contributed by atoms with E-state index >= 15 is 0 Å². The zero-order chi connectivity index (χ0) is 11.5. The van der Waals surface area contributed by atoms with Gasteiger partial charge in [0.1, 0.15) is 10.9 Å². The summed E-state index contributed by atoms with van der Waals surface area (Å²) in [5, 5.41) is 0.936. The summed E-state index contributed by atoms with van der Waals surface area (Å²) in [6.45, 7) is 0. The zero-order valence-corrected chi connectivity index (χ0v) is 12.4. The Balaban J connectivity index is 2.24. The SMILES string of the molecule is ClCc1sc(Oc2ccccc2I)nc1Cl. The van der Waals surface area contributed by atoms with Gasteiger partial charge in [-0.1, -0.05) is 35.1 Å². The number of hydrogen-bond acceptors (Lipinski definition) is 3. The van der Waals surface area contributed by atoms with Crippen molar-refractivity contribution >= 4 is 57.1 Å². The molecule has 0 atom stereocenters. The standard InChI is InChI=1S/C10H6Cl2INOS/c11-5-8-9(12)14-10(16-8)15-7-4-2-1-3-6(7)13/h1-4H,5H2. The summed E-state index contributed by atoms with van der Waals surface area (Å²) in [7, 11) is 0. The molecule has 0 aliphatic carbocycles. The fraction of sp³-hybridized carbons (Fsp3) is 0.100. The normalized spacial score (nSPS) is 10.4. The van der Waals surface area contributed by atoms with Gasteiger partial charge in [-0.2, -0.15) is 4.98 Å². The summed E-state index contributed by atoms with van der Waals surface area (Å²) in [6, 6.07) is 7.72. The van der Waals surface area contributed by atoms with Crippen molar-refractivity contribution in [3.8, 4) is 10.9 Å². The summed E-state index contributed by atoms with van der Waals surface area (Å²) >= 11 is 15.2. The van der Waals surface area contributed by atoms with Crippen molar-refractivity contribution in [2.75, 3.05) is 0 Å². The van der Waals surface area contributed by atoms with Crippen molar-refractivity contribution in [3.05, 3.63) is 37.9 Å². The number of para-hydroxylation sites is 1. The smallest absolute Gasteiger partial charge is 0.280 e. The summed E-state index contributed by atoms with van der Waals surface area (Å²) < 4.78 is 6.66. The van der Waals surface area contributed by atoms with Crippen LogP contribution >= 0.6 is 57.1 Å². The quantitative estimate of drug-likeness (QED) is 0.551. The van der Waals surface area contributed by atoms with Crippen LogP contribution in [0.5, 0.6) is 10.9 Å². The van der Waals surface area contributed by atoms with Crippen LogP contribution in [0.3, 0.4) is 0 Å². The Morgan fingerprint density at radius 2 is 2.12 bits per heavy atom. The molecule has 0 saturated carbocycles. The summed E-state index contributed by atoms with van der Waals surface area (Å²) in [5.74, 6) is 1.13. The average Bonchev–Trinajstić information content (AvgIpc) is 2.62. The van der Waals surface area contributed by atoms with Gasteiger partial charge in [-0.25, -0.2) is 0 Å². The van der Waals surface area contributed by atoms with Crippen LogP contribution in [-0.2, 0) is 5.88 Å². The molecule has 1 aromatic heterocycles. The van der Waals surface area contributed by atoms with Gasteiger partial charge in [0.25, 0.3) is 5.19 Å². The Morgan fingerprint density at radius 3 is 2.75 bits per heavy atom. The molecule has 0 radical (unpaired) electrons. The number of rotatable bonds is 3. The van der Waals surface area contributed by atoms with E-state index in [-0.39, 0.29) is 0 Å². The van der Waals surface area contributed by atoms with E-state index in [1.54, 1.807) is 0 Å². The zero-order valence-electron chi connectivity index (χ0n) is 7.91. The Kier molecular flexibility index (Phi) is 4.29. The van der Waals surface area contributed by atoms with Gasteiger partial charge in [0.2, 0.25) is 0 Å². The van der Waals surface area contributed by atoms with Crippen molar-refractivity contribution in [1.29, 1.82) is 0 Å². The monoisotopic (exact) mass is 385 g/mol. The van der Waals surface area contributed by atoms with Crippen LogP contribution in [0, 0.1) is 3.57 Å². The predicted octanol–water partition coefficient (Wildman–Crippen LogP) is 4.93. The lowest BCUT2D eigenvalue weighted by Gasteiger charge is -2.02. The minimum Gasteiger partial charge on any atom is -0.430 e. The lowest BCUT2D eigenvalue weighted by molar-refractivity contribution is 0.475. The molecular weight excluding hydrogens is 380 g/mol. The number of thiazole rings is 1. The molecule has 0 amide bonds. The van der Waals surface area contributed by atoms with Crippen molar-refractivity contribution < 1.29 is 4.74 Å². The summed E-state index contributed by atoms with van der Waals surface area (Å²) in [4.78, 5) is 4.92. The van der Waals surface area contributed by atoms with Crippen LogP contribution in [0.4, 0.5) is 0 Å². The van der Waals surface area contributed by atoms with E-state index in [0.29, 0.717) is 16.2 Å². The Morgan fingerprint density at radius 1 is 1.38 bits per heavy atom. The minimum atomic E-state index is 0.353. The Labute approximate surface area is 121 Å². The molecule has 0 spiro atoms. The maximum Gasteiger partial charge on any atom is 0.280 e. The predicted molar refractivity (Wildman–Crippen MR) is 75.9 cm³/mol.